The van der Waals surface area contributed by atoms with Crippen molar-refractivity contribution in [1.29, 1.82) is 0 Å². The summed E-state index contributed by atoms with van der Waals surface area (Å²) < 4.78 is 44.9. The first kappa shape index (κ1) is 31.0. The van der Waals surface area contributed by atoms with Gasteiger partial charge in [-0.05, 0) is 48.5 Å². The van der Waals surface area contributed by atoms with Crippen LogP contribution >= 0.6 is 23.5 Å². The Morgan fingerprint density at radius 3 is 0.974 bits per heavy atom. The van der Waals surface area contributed by atoms with Crippen LogP contribution in [0.3, 0.4) is 0 Å². The van der Waals surface area contributed by atoms with Crippen molar-refractivity contribution in [2.24, 2.45) is 0 Å². The number of hydrogen-bond acceptors (Lipinski definition) is 10. The molecule has 0 amide bonds. The molecule has 4 aliphatic heterocycles. The van der Waals surface area contributed by atoms with Crippen molar-refractivity contribution in [3.63, 3.8) is 0 Å². The highest BCUT2D eigenvalue weighted by molar-refractivity contribution is 7.99. The normalized spacial score (nSPS) is 19.6. The molecule has 212 valence electrons. The lowest BCUT2D eigenvalue weighted by Gasteiger charge is -2.10. The zero-order valence-electron chi connectivity index (χ0n) is 22.0. The maximum Gasteiger partial charge on any atom is 0.119 e. The minimum Gasteiger partial charge on any atom is -0.491 e. The highest BCUT2D eigenvalue weighted by Gasteiger charge is 2.00. The standard InChI is InChI=1S/C28H40O8S2/c1-2-26-4-3-25(1)35-19-17-31-11-9-29-13-15-33-21-23-37-27-5-7-28(8-6-27)38-24-22-34-16-14-30-10-12-32-18-20-36-26/h1-8H,9-24H2. The first-order valence-electron chi connectivity index (χ1n) is 13.1. The Morgan fingerprint density at radius 1 is 0.342 bits per heavy atom. The van der Waals surface area contributed by atoms with E-state index in [0.717, 1.165) is 23.0 Å². The second-order valence-corrected chi connectivity index (χ2v) is 10.3. The van der Waals surface area contributed by atoms with Gasteiger partial charge in [0.1, 0.15) is 24.7 Å². The van der Waals surface area contributed by atoms with Crippen molar-refractivity contribution in [3.8, 4) is 11.5 Å². The fourth-order valence-electron chi connectivity index (χ4n) is 3.22. The molecule has 0 aromatic heterocycles. The third kappa shape index (κ3) is 15.2. The summed E-state index contributed by atoms with van der Waals surface area (Å²) in [6, 6.07) is 16.2. The molecule has 0 N–H and O–H groups in total. The lowest BCUT2D eigenvalue weighted by Crippen LogP contribution is -2.13. The van der Waals surface area contributed by atoms with Crippen molar-refractivity contribution < 1.29 is 37.9 Å². The first-order valence-corrected chi connectivity index (χ1v) is 15.0. The summed E-state index contributed by atoms with van der Waals surface area (Å²) in [4.78, 5) is 2.49. The molecule has 4 bridgehead atoms. The Balaban J connectivity index is 1.31. The van der Waals surface area contributed by atoms with E-state index in [9.17, 15) is 0 Å². The molecule has 4 heterocycles. The molecule has 0 spiro atoms. The monoisotopic (exact) mass is 568 g/mol. The van der Waals surface area contributed by atoms with Crippen LogP contribution in [0.15, 0.2) is 58.3 Å². The molecule has 2 aromatic carbocycles. The number of ether oxygens (including phenoxy) is 8. The Bertz CT molecular complexity index is 687. The molecule has 0 saturated carbocycles. The van der Waals surface area contributed by atoms with Gasteiger partial charge in [0, 0.05) is 21.3 Å². The number of hydrogen-bond donors (Lipinski definition) is 0. The Morgan fingerprint density at radius 2 is 0.632 bits per heavy atom. The van der Waals surface area contributed by atoms with Crippen molar-refractivity contribution in [2.45, 2.75) is 9.79 Å². The highest BCUT2D eigenvalue weighted by Crippen LogP contribution is 2.23. The van der Waals surface area contributed by atoms with E-state index in [1.54, 1.807) is 23.5 Å². The third-order valence-electron chi connectivity index (χ3n) is 5.12. The fourth-order valence-corrected chi connectivity index (χ4v) is 4.75. The minimum absolute atomic E-state index is 0.477. The largest absolute Gasteiger partial charge is 0.491 e. The van der Waals surface area contributed by atoms with E-state index in [1.807, 2.05) is 24.3 Å². The molecule has 0 atom stereocenters. The maximum atomic E-state index is 5.70. The van der Waals surface area contributed by atoms with Crippen LogP contribution in [0, 0.1) is 0 Å². The zero-order valence-corrected chi connectivity index (χ0v) is 23.6. The maximum absolute atomic E-state index is 5.70. The Kier molecular flexibility index (Phi) is 17.4. The van der Waals surface area contributed by atoms with Gasteiger partial charge in [-0.2, -0.15) is 0 Å². The second kappa shape index (κ2) is 21.3. The number of rotatable bonds is 0. The van der Waals surface area contributed by atoms with Gasteiger partial charge in [-0.3, -0.25) is 0 Å². The van der Waals surface area contributed by atoms with Gasteiger partial charge in [-0.1, -0.05) is 0 Å². The van der Waals surface area contributed by atoms with Crippen LogP contribution in [0.4, 0.5) is 0 Å². The molecule has 0 unspecified atom stereocenters. The van der Waals surface area contributed by atoms with Gasteiger partial charge in [-0.25, -0.2) is 0 Å². The summed E-state index contributed by atoms with van der Waals surface area (Å²) in [6.07, 6.45) is 0. The molecule has 10 heteroatoms. The summed E-state index contributed by atoms with van der Waals surface area (Å²) in [5, 5.41) is 0. The smallest absolute Gasteiger partial charge is 0.119 e. The van der Waals surface area contributed by atoms with E-state index in [0.29, 0.717) is 92.5 Å². The van der Waals surface area contributed by atoms with Gasteiger partial charge in [0.25, 0.3) is 0 Å². The van der Waals surface area contributed by atoms with Crippen molar-refractivity contribution >= 4 is 23.5 Å². The highest BCUT2D eigenvalue weighted by atomic mass is 32.2. The summed E-state index contributed by atoms with van der Waals surface area (Å²) in [5.41, 5.74) is 0. The molecule has 2 aromatic rings. The molecule has 0 radical (unpaired) electrons. The molecule has 6 rings (SSSR count). The van der Waals surface area contributed by atoms with Crippen LogP contribution in [0.2, 0.25) is 0 Å². The molecular formula is C28H40O8S2. The topological polar surface area (TPSA) is 73.8 Å². The van der Waals surface area contributed by atoms with Crippen LogP contribution in [-0.4, -0.2) is 104 Å². The SMILES string of the molecule is c1cc2ccc1OCCOCCOCCOCCSc1ccc(cc1)SCCOCCOCCOCCO2. The Labute approximate surface area is 234 Å². The number of benzene rings is 2. The summed E-state index contributed by atoms with van der Waals surface area (Å²) in [7, 11) is 0. The predicted molar refractivity (Wildman–Crippen MR) is 150 cm³/mol. The lowest BCUT2D eigenvalue weighted by molar-refractivity contribution is 0.0116. The van der Waals surface area contributed by atoms with Crippen molar-refractivity contribution in [2.75, 3.05) is 104 Å². The Hall–Kier alpha value is -1.50. The average molecular weight is 569 g/mol. The van der Waals surface area contributed by atoms with E-state index in [2.05, 4.69) is 24.3 Å². The third-order valence-corrected chi connectivity index (χ3v) is 7.07. The summed E-state index contributed by atoms with van der Waals surface area (Å²) >= 11 is 3.59. The minimum atomic E-state index is 0.477. The molecule has 38 heavy (non-hydrogen) atoms. The fraction of sp³-hybridized carbons (Fsp3) is 0.571. The van der Waals surface area contributed by atoms with E-state index in [4.69, 9.17) is 37.9 Å². The molecule has 0 saturated heterocycles. The van der Waals surface area contributed by atoms with E-state index in [1.165, 1.54) is 9.79 Å². The molecule has 4 aliphatic rings. The second-order valence-electron chi connectivity index (χ2n) is 8.01. The van der Waals surface area contributed by atoms with E-state index >= 15 is 0 Å². The summed E-state index contributed by atoms with van der Waals surface area (Å²) in [5.74, 6) is 3.37. The van der Waals surface area contributed by atoms with E-state index in [-0.39, 0.29) is 0 Å². The first-order chi connectivity index (χ1) is 18.9. The number of thioether (sulfide) groups is 2. The molecule has 0 fully saturated rings. The van der Waals surface area contributed by atoms with Gasteiger partial charge >= 0.3 is 0 Å². The van der Waals surface area contributed by atoms with Gasteiger partial charge in [0.15, 0.2) is 0 Å². The van der Waals surface area contributed by atoms with Gasteiger partial charge in [0.05, 0.1) is 79.3 Å². The van der Waals surface area contributed by atoms with Crippen LogP contribution < -0.4 is 9.47 Å². The molecular weight excluding hydrogens is 528 g/mol. The molecule has 8 nitrogen and oxygen atoms in total. The summed E-state index contributed by atoms with van der Waals surface area (Å²) in [6.45, 7) is 7.78. The van der Waals surface area contributed by atoms with Crippen LogP contribution in [0.1, 0.15) is 0 Å². The van der Waals surface area contributed by atoms with Gasteiger partial charge in [-0.15, -0.1) is 23.5 Å². The van der Waals surface area contributed by atoms with Crippen LogP contribution in [-0.2, 0) is 28.4 Å². The average Bonchev–Trinajstić information content (AvgIpc) is 2.95. The lowest BCUT2D eigenvalue weighted by atomic mass is 10.3. The van der Waals surface area contributed by atoms with Crippen LogP contribution in [0.25, 0.3) is 0 Å². The quantitative estimate of drug-likeness (QED) is 0.455. The van der Waals surface area contributed by atoms with Gasteiger partial charge < -0.3 is 37.9 Å². The van der Waals surface area contributed by atoms with E-state index < -0.39 is 0 Å². The molecule has 0 aliphatic carbocycles. The van der Waals surface area contributed by atoms with Crippen molar-refractivity contribution in [3.05, 3.63) is 48.5 Å². The van der Waals surface area contributed by atoms with Crippen LogP contribution in [0.5, 0.6) is 11.5 Å². The van der Waals surface area contributed by atoms with Crippen molar-refractivity contribution in [1.82, 2.24) is 0 Å². The predicted octanol–water partition coefficient (Wildman–Crippen LogP) is 4.44. The zero-order chi connectivity index (χ0) is 26.4. The van der Waals surface area contributed by atoms with Gasteiger partial charge in [0.2, 0.25) is 0 Å².